The summed E-state index contributed by atoms with van der Waals surface area (Å²) in [6.07, 6.45) is 3.20. The predicted octanol–water partition coefficient (Wildman–Crippen LogP) is 4.03. The van der Waals surface area contributed by atoms with Crippen molar-refractivity contribution in [2.75, 3.05) is 0 Å². The summed E-state index contributed by atoms with van der Waals surface area (Å²) in [4.78, 5) is 3.99. The molecule has 0 fully saturated rings. The highest BCUT2D eigenvalue weighted by molar-refractivity contribution is 9.10. The van der Waals surface area contributed by atoms with Crippen molar-refractivity contribution >= 4 is 28.1 Å². The number of pyridine rings is 1. The molecule has 2 aromatic heterocycles. The second-order valence-electron chi connectivity index (χ2n) is 4.15. The third-order valence-electron chi connectivity index (χ3n) is 2.82. The molecule has 21 heavy (non-hydrogen) atoms. The molecule has 0 aliphatic heterocycles. The minimum absolute atomic E-state index is 0.0980. The van der Waals surface area contributed by atoms with Crippen LogP contribution >= 0.6 is 28.1 Å². The molecule has 0 saturated heterocycles. The van der Waals surface area contributed by atoms with Gasteiger partial charge in [0.25, 0.3) is 0 Å². The lowest BCUT2D eigenvalue weighted by molar-refractivity contribution is 0.573. The zero-order valence-electron chi connectivity index (χ0n) is 10.3. The maximum absolute atomic E-state index is 14.1. The van der Waals surface area contributed by atoms with Crippen molar-refractivity contribution in [1.82, 2.24) is 19.7 Å². The van der Waals surface area contributed by atoms with Crippen molar-refractivity contribution in [3.8, 4) is 17.1 Å². The molecule has 1 N–H and O–H groups in total. The molecule has 0 bridgehead atoms. The molecule has 3 rings (SSSR count). The van der Waals surface area contributed by atoms with Gasteiger partial charge in [0.15, 0.2) is 10.6 Å². The minimum Gasteiger partial charge on any atom is -0.265 e. The Kier molecular flexibility index (Phi) is 3.64. The molecule has 0 radical (unpaired) electrons. The molecule has 0 unspecified atom stereocenters. The lowest BCUT2D eigenvalue weighted by Gasteiger charge is -2.09. The number of hydrogen-bond acceptors (Lipinski definition) is 3. The quantitative estimate of drug-likeness (QED) is 0.548. The third-order valence-corrected chi connectivity index (χ3v) is 3.70. The number of halogens is 3. The fourth-order valence-electron chi connectivity index (χ4n) is 1.89. The minimum atomic E-state index is -0.738. The topological polar surface area (TPSA) is 46.5 Å². The molecule has 1 aromatic carbocycles. The van der Waals surface area contributed by atoms with E-state index >= 15 is 0 Å². The number of aromatic amines is 1. The summed E-state index contributed by atoms with van der Waals surface area (Å²) < 4.78 is 29.2. The summed E-state index contributed by atoms with van der Waals surface area (Å²) in [6.45, 7) is 0. The Morgan fingerprint density at radius 1 is 1.24 bits per heavy atom. The van der Waals surface area contributed by atoms with E-state index in [1.807, 2.05) is 0 Å². The first-order chi connectivity index (χ1) is 10.1. The SMILES string of the molecule is Fc1cc(F)c(-n2c(-c3cccnc3)n[nH]c2=S)cc1Br. The number of aromatic nitrogens is 4. The first kappa shape index (κ1) is 14.0. The molecule has 0 amide bonds. The van der Waals surface area contributed by atoms with E-state index in [4.69, 9.17) is 12.2 Å². The van der Waals surface area contributed by atoms with Crippen molar-refractivity contribution in [1.29, 1.82) is 0 Å². The van der Waals surface area contributed by atoms with E-state index in [9.17, 15) is 8.78 Å². The Morgan fingerprint density at radius 2 is 2.05 bits per heavy atom. The van der Waals surface area contributed by atoms with Crippen LogP contribution in [0.25, 0.3) is 17.1 Å². The molecule has 3 aromatic rings. The summed E-state index contributed by atoms with van der Waals surface area (Å²) in [5.74, 6) is -1.03. The first-order valence-electron chi connectivity index (χ1n) is 5.80. The Morgan fingerprint density at radius 3 is 2.76 bits per heavy atom. The second-order valence-corrected chi connectivity index (χ2v) is 5.39. The Bertz CT molecular complexity index is 860. The highest BCUT2D eigenvalue weighted by atomic mass is 79.9. The van der Waals surface area contributed by atoms with E-state index in [-0.39, 0.29) is 14.9 Å². The van der Waals surface area contributed by atoms with Crippen LogP contribution in [0.3, 0.4) is 0 Å². The predicted molar refractivity (Wildman–Crippen MR) is 79.6 cm³/mol. The van der Waals surface area contributed by atoms with Gasteiger partial charge < -0.3 is 0 Å². The molecule has 0 aliphatic rings. The molecule has 0 saturated carbocycles. The average Bonchev–Trinajstić information content (AvgIpc) is 2.85. The smallest absolute Gasteiger partial charge is 0.200 e. The first-order valence-corrected chi connectivity index (χ1v) is 7.01. The third kappa shape index (κ3) is 2.52. The van der Waals surface area contributed by atoms with Crippen LogP contribution in [0.4, 0.5) is 8.78 Å². The van der Waals surface area contributed by atoms with Gasteiger partial charge in [-0.15, -0.1) is 0 Å². The monoisotopic (exact) mass is 368 g/mol. The van der Waals surface area contributed by atoms with E-state index < -0.39 is 11.6 Å². The molecule has 8 heteroatoms. The lowest BCUT2D eigenvalue weighted by atomic mass is 10.2. The highest BCUT2D eigenvalue weighted by Crippen LogP contribution is 2.26. The van der Waals surface area contributed by atoms with Crippen LogP contribution in [0.5, 0.6) is 0 Å². The Labute approximate surface area is 131 Å². The van der Waals surface area contributed by atoms with E-state index in [1.165, 1.54) is 10.6 Å². The number of H-pyrrole nitrogens is 1. The van der Waals surface area contributed by atoms with Gasteiger partial charge in [0.2, 0.25) is 0 Å². The van der Waals surface area contributed by atoms with Crippen molar-refractivity contribution in [3.05, 3.63) is 57.5 Å². The molecule has 2 heterocycles. The Hall–Kier alpha value is -1.93. The molecule has 0 aliphatic carbocycles. The second kappa shape index (κ2) is 5.45. The standard InChI is InChI=1S/C13H7BrF2N4S/c14-8-4-11(10(16)5-9(8)15)20-12(18-19-13(20)21)7-2-1-3-17-6-7/h1-6H,(H,19,21). The molecule has 106 valence electrons. The van der Waals surface area contributed by atoms with Gasteiger partial charge in [-0.05, 0) is 46.3 Å². The summed E-state index contributed by atoms with van der Waals surface area (Å²) in [6, 6.07) is 5.61. The molecule has 4 nitrogen and oxygen atoms in total. The fraction of sp³-hybridized carbons (Fsp3) is 0. The zero-order valence-corrected chi connectivity index (χ0v) is 12.8. The molecule has 0 atom stereocenters. The highest BCUT2D eigenvalue weighted by Gasteiger charge is 2.16. The van der Waals surface area contributed by atoms with Gasteiger partial charge in [-0.2, -0.15) is 5.10 Å². The fourth-order valence-corrected chi connectivity index (χ4v) is 2.45. The maximum Gasteiger partial charge on any atom is 0.200 e. The molecule has 0 spiro atoms. The van der Waals surface area contributed by atoms with Crippen molar-refractivity contribution < 1.29 is 8.78 Å². The van der Waals surface area contributed by atoms with Crippen LogP contribution in [-0.4, -0.2) is 19.7 Å². The molecular formula is C13H7BrF2N4S. The van der Waals surface area contributed by atoms with Gasteiger partial charge in [-0.25, -0.2) is 8.78 Å². The number of benzene rings is 1. The lowest BCUT2D eigenvalue weighted by Crippen LogP contribution is -2.02. The summed E-state index contributed by atoms with van der Waals surface area (Å²) in [5, 5.41) is 6.69. The van der Waals surface area contributed by atoms with Gasteiger partial charge >= 0.3 is 0 Å². The van der Waals surface area contributed by atoms with Gasteiger partial charge in [0.05, 0.1) is 10.2 Å². The Balaban J connectivity index is 2.27. The van der Waals surface area contributed by atoms with Crippen molar-refractivity contribution in [2.24, 2.45) is 0 Å². The van der Waals surface area contributed by atoms with E-state index in [0.717, 1.165) is 6.07 Å². The number of nitrogens with one attached hydrogen (secondary N) is 1. The van der Waals surface area contributed by atoms with Gasteiger partial charge in [-0.3, -0.25) is 14.6 Å². The summed E-state index contributed by atoms with van der Waals surface area (Å²) in [7, 11) is 0. The van der Waals surface area contributed by atoms with Crippen molar-refractivity contribution in [3.63, 3.8) is 0 Å². The van der Waals surface area contributed by atoms with Crippen LogP contribution < -0.4 is 0 Å². The number of hydrogen-bond donors (Lipinski definition) is 1. The summed E-state index contributed by atoms with van der Waals surface area (Å²) >= 11 is 8.18. The molecular weight excluding hydrogens is 362 g/mol. The van der Waals surface area contributed by atoms with Gasteiger partial charge in [0, 0.05) is 24.0 Å². The van der Waals surface area contributed by atoms with Crippen LogP contribution in [0.2, 0.25) is 0 Å². The van der Waals surface area contributed by atoms with Crippen LogP contribution in [-0.2, 0) is 0 Å². The van der Waals surface area contributed by atoms with E-state index in [2.05, 4.69) is 31.1 Å². The number of rotatable bonds is 2. The van der Waals surface area contributed by atoms with Gasteiger partial charge in [0.1, 0.15) is 11.6 Å². The maximum atomic E-state index is 14.1. The average molecular weight is 369 g/mol. The number of nitrogens with zero attached hydrogens (tertiary/aromatic N) is 3. The van der Waals surface area contributed by atoms with E-state index in [0.29, 0.717) is 11.4 Å². The van der Waals surface area contributed by atoms with Gasteiger partial charge in [-0.1, -0.05) is 0 Å². The zero-order chi connectivity index (χ0) is 15.0. The van der Waals surface area contributed by atoms with Crippen molar-refractivity contribution in [2.45, 2.75) is 0 Å². The largest absolute Gasteiger partial charge is 0.265 e. The van der Waals surface area contributed by atoms with Crippen LogP contribution in [0.15, 0.2) is 41.1 Å². The van der Waals surface area contributed by atoms with Crippen LogP contribution in [0, 0.1) is 16.4 Å². The summed E-state index contributed by atoms with van der Waals surface area (Å²) in [5.41, 5.74) is 0.755. The van der Waals surface area contributed by atoms with Crippen LogP contribution in [0.1, 0.15) is 0 Å². The normalized spacial score (nSPS) is 10.8. The van der Waals surface area contributed by atoms with E-state index in [1.54, 1.807) is 24.5 Å².